The summed E-state index contributed by atoms with van der Waals surface area (Å²) >= 11 is 0. The molecule has 7 heteroatoms. The normalized spacial score (nSPS) is 11.6. The van der Waals surface area contributed by atoms with Crippen molar-refractivity contribution in [3.63, 3.8) is 0 Å². The van der Waals surface area contributed by atoms with Crippen molar-refractivity contribution in [2.24, 2.45) is 5.73 Å². The highest BCUT2D eigenvalue weighted by atomic mass is 16.6. The maximum Gasteiger partial charge on any atom is 0.417 e. The Kier molecular flexibility index (Phi) is 6.09. The van der Waals surface area contributed by atoms with Gasteiger partial charge in [0.1, 0.15) is 12.1 Å². The third kappa shape index (κ3) is 4.55. The van der Waals surface area contributed by atoms with Crippen LogP contribution in [0.5, 0.6) is 0 Å². The summed E-state index contributed by atoms with van der Waals surface area (Å²) in [5, 5.41) is 0. The number of nitrogens with two attached hydrogens (primary N) is 1. The molecule has 0 aliphatic carbocycles. The van der Waals surface area contributed by atoms with E-state index in [1.54, 1.807) is 24.3 Å². The van der Waals surface area contributed by atoms with Crippen molar-refractivity contribution in [3.8, 4) is 0 Å². The highest BCUT2D eigenvalue weighted by Gasteiger charge is 2.47. The molecule has 24 heavy (non-hydrogen) atoms. The van der Waals surface area contributed by atoms with Crippen LogP contribution in [0, 0.1) is 0 Å². The fraction of sp³-hybridized carbons (Fsp3) is 0.471. The van der Waals surface area contributed by atoms with E-state index in [2.05, 4.69) is 0 Å². The zero-order valence-corrected chi connectivity index (χ0v) is 14.7. The van der Waals surface area contributed by atoms with Gasteiger partial charge >= 0.3 is 12.1 Å². The lowest BCUT2D eigenvalue weighted by atomic mass is 9.98. The molecule has 7 nitrogen and oxygen atoms in total. The number of benzene rings is 1. The molecule has 132 valence electrons. The van der Waals surface area contributed by atoms with Crippen LogP contribution in [0.3, 0.4) is 0 Å². The number of amides is 2. The van der Waals surface area contributed by atoms with Crippen molar-refractivity contribution in [1.29, 1.82) is 0 Å². The van der Waals surface area contributed by atoms with Gasteiger partial charge in [0, 0.05) is 0 Å². The van der Waals surface area contributed by atoms with Gasteiger partial charge < -0.3 is 15.2 Å². The number of nitrogens with zero attached hydrogens (tertiary/aromatic N) is 1. The maximum atomic E-state index is 12.6. The summed E-state index contributed by atoms with van der Waals surface area (Å²) in [6, 6.07) is 8.98. The van der Waals surface area contributed by atoms with Crippen LogP contribution in [-0.2, 0) is 25.7 Å². The van der Waals surface area contributed by atoms with Gasteiger partial charge in [-0.1, -0.05) is 30.3 Å². The lowest BCUT2D eigenvalue weighted by Crippen LogP contribution is -2.63. The Morgan fingerprint density at radius 2 is 1.62 bits per heavy atom. The Bertz CT molecular complexity index is 605. The molecule has 2 amide bonds. The Balaban J connectivity index is 3.06. The van der Waals surface area contributed by atoms with Crippen LogP contribution in [0.2, 0.25) is 0 Å². The number of carbonyl (C=O) groups excluding carboxylic acids is 3. The van der Waals surface area contributed by atoms with Gasteiger partial charge in [-0.25, -0.2) is 14.5 Å². The number of hydrogen-bond acceptors (Lipinski definition) is 6. The number of imide groups is 1. The summed E-state index contributed by atoms with van der Waals surface area (Å²) in [6.07, 6.45) is -0.960. The predicted molar refractivity (Wildman–Crippen MR) is 87.8 cm³/mol. The maximum absolute atomic E-state index is 12.6. The fourth-order valence-electron chi connectivity index (χ4n) is 1.98. The van der Waals surface area contributed by atoms with Crippen LogP contribution in [0.15, 0.2) is 30.3 Å². The molecule has 0 unspecified atom stereocenters. The first kappa shape index (κ1) is 19.6. The summed E-state index contributed by atoms with van der Waals surface area (Å²) in [4.78, 5) is 37.8. The predicted octanol–water partition coefficient (Wildman–Crippen LogP) is 1.84. The van der Waals surface area contributed by atoms with Crippen molar-refractivity contribution in [2.45, 2.75) is 45.4 Å². The second-order valence-corrected chi connectivity index (χ2v) is 6.45. The van der Waals surface area contributed by atoms with E-state index in [1.807, 2.05) is 6.07 Å². The highest BCUT2D eigenvalue weighted by Crippen LogP contribution is 2.22. The molecular formula is C17H24N2O5. The van der Waals surface area contributed by atoms with Crippen LogP contribution in [0.4, 0.5) is 4.79 Å². The Hall–Kier alpha value is -2.41. The van der Waals surface area contributed by atoms with Crippen LogP contribution < -0.4 is 5.73 Å². The quantitative estimate of drug-likeness (QED) is 0.824. The van der Waals surface area contributed by atoms with Gasteiger partial charge in [-0.2, -0.15) is 0 Å². The Morgan fingerprint density at radius 3 is 2.08 bits per heavy atom. The van der Waals surface area contributed by atoms with Crippen LogP contribution >= 0.6 is 0 Å². The summed E-state index contributed by atoms with van der Waals surface area (Å²) in [5.41, 5.74) is 3.64. The molecule has 0 radical (unpaired) electrons. The van der Waals surface area contributed by atoms with Gasteiger partial charge in [0.15, 0.2) is 0 Å². The molecule has 0 atom stereocenters. The van der Waals surface area contributed by atoms with E-state index >= 15 is 0 Å². The van der Waals surface area contributed by atoms with E-state index in [1.165, 1.54) is 34.8 Å². The van der Waals surface area contributed by atoms with Crippen molar-refractivity contribution in [1.82, 2.24) is 4.90 Å². The number of ether oxygens (including phenoxy) is 2. The smallest absolute Gasteiger partial charge is 0.417 e. The van der Waals surface area contributed by atoms with E-state index in [4.69, 9.17) is 15.2 Å². The Labute approximate surface area is 141 Å². The van der Waals surface area contributed by atoms with E-state index in [0.29, 0.717) is 4.90 Å². The van der Waals surface area contributed by atoms with Gasteiger partial charge in [-0.15, -0.1) is 0 Å². The molecule has 0 aliphatic rings. The molecule has 0 fully saturated rings. The molecule has 0 saturated heterocycles. The van der Waals surface area contributed by atoms with Crippen molar-refractivity contribution >= 4 is 18.0 Å². The van der Waals surface area contributed by atoms with Gasteiger partial charge in [0.05, 0.1) is 12.6 Å². The molecular weight excluding hydrogens is 312 g/mol. The van der Waals surface area contributed by atoms with Gasteiger partial charge in [0.2, 0.25) is 0 Å². The number of rotatable bonds is 5. The average molecular weight is 336 g/mol. The van der Waals surface area contributed by atoms with Crippen LogP contribution in [0.1, 0.15) is 33.3 Å². The topological polar surface area (TPSA) is 98.9 Å². The lowest BCUT2D eigenvalue weighted by Gasteiger charge is -2.36. The zero-order chi connectivity index (χ0) is 18.5. The monoisotopic (exact) mass is 336 g/mol. The molecule has 0 heterocycles. The summed E-state index contributed by atoms with van der Waals surface area (Å²) in [6.45, 7) is 5.64. The highest BCUT2D eigenvalue weighted by molar-refractivity contribution is 6.02. The summed E-state index contributed by atoms with van der Waals surface area (Å²) < 4.78 is 9.88. The number of methoxy groups -OCH3 is 1. The molecule has 0 bridgehead atoms. The van der Waals surface area contributed by atoms with E-state index in [0.717, 1.165) is 5.56 Å². The van der Waals surface area contributed by atoms with Crippen molar-refractivity contribution in [3.05, 3.63) is 35.9 Å². The third-order valence-corrected chi connectivity index (χ3v) is 3.39. The molecule has 2 N–H and O–H groups in total. The SMILES string of the molecule is COC(=O)C(C)(C)N(C(=O)OCc1ccccc1)C(=O)C(C)(C)N. The summed E-state index contributed by atoms with van der Waals surface area (Å²) in [7, 11) is 1.18. The third-order valence-electron chi connectivity index (χ3n) is 3.39. The molecule has 0 spiro atoms. The minimum Gasteiger partial charge on any atom is -0.467 e. The molecule has 0 aliphatic heterocycles. The second kappa shape index (κ2) is 7.44. The standard InChI is InChI=1S/C17H24N2O5/c1-16(2,18)13(20)19(17(3,4)14(21)23-5)15(22)24-11-12-9-7-6-8-10-12/h6-10H,11,18H2,1-5H3. The van der Waals surface area contributed by atoms with Crippen LogP contribution in [0.25, 0.3) is 0 Å². The molecule has 0 aromatic heterocycles. The molecule has 1 aromatic rings. The van der Waals surface area contributed by atoms with Crippen LogP contribution in [-0.4, -0.2) is 41.1 Å². The minimum absolute atomic E-state index is 0.0360. The van der Waals surface area contributed by atoms with Crippen molar-refractivity contribution < 1.29 is 23.9 Å². The summed E-state index contributed by atoms with van der Waals surface area (Å²) in [5.74, 6) is -1.49. The second-order valence-electron chi connectivity index (χ2n) is 6.45. The zero-order valence-electron chi connectivity index (χ0n) is 14.7. The van der Waals surface area contributed by atoms with Crippen molar-refractivity contribution in [2.75, 3.05) is 7.11 Å². The Morgan fingerprint density at radius 1 is 1.08 bits per heavy atom. The van der Waals surface area contributed by atoms with E-state index in [9.17, 15) is 14.4 Å². The molecule has 1 aromatic carbocycles. The first-order valence-electron chi connectivity index (χ1n) is 7.44. The average Bonchev–Trinajstić information content (AvgIpc) is 2.52. The molecule has 1 rings (SSSR count). The lowest BCUT2D eigenvalue weighted by molar-refractivity contribution is -0.159. The van der Waals surface area contributed by atoms with E-state index in [-0.39, 0.29) is 6.61 Å². The fourth-order valence-corrected chi connectivity index (χ4v) is 1.98. The minimum atomic E-state index is -1.56. The van der Waals surface area contributed by atoms with Gasteiger partial charge in [0.25, 0.3) is 5.91 Å². The largest absolute Gasteiger partial charge is 0.467 e. The number of carbonyl (C=O) groups is 3. The molecule has 0 saturated carbocycles. The van der Waals surface area contributed by atoms with Gasteiger partial charge in [-0.3, -0.25) is 4.79 Å². The first-order valence-corrected chi connectivity index (χ1v) is 7.44. The van der Waals surface area contributed by atoms with E-state index < -0.39 is 29.0 Å². The van der Waals surface area contributed by atoms with Gasteiger partial charge in [-0.05, 0) is 33.3 Å². The number of hydrogen-bond donors (Lipinski definition) is 1. The first-order chi connectivity index (χ1) is 11.0. The number of esters is 1.